The van der Waals surface area contributed by atoms with Crippen LogP contribution in [-0.2, 0) is 11.3 Å². The zero-order valence-corrected chi connectivity index (χ0v) is 12.0. The minimum atomic E-state index is -0.477. The Balaban J connectivity index is 2.14. The third kappa shape index (κ3) is 3.38. The largest absolute Gasteiger partial charge is 0.489 e. The van der Waals surface area contributed by atoms with Crippen LogP contribution in [0.5, 0.6) is 0 Å². The summed E-state index contributed by atoms with van der Waals surface area (Å²) in [4.78, 5) is 0. The van der Waals surface area contributed by atoms with Crippen LogP contribution in [0.25, 0.3) is 0 Å². The van der Waals surface area contributed by atoms with Crippen molar-refractivity contribution in [3.05, 3.63) is 29.8 Å². The molecule has 9 heteroatoms. The normalized spacial score (nSPS) is 17.9. The molecule has 9 nitrogen and oxygen atoms in total. The number of nitrogens with two attached hydrogens (primary N) is 2. The highest BCUT2D eigenvalue weighted by molar-refractivity contribution is 6.02. The number of aromatic nitrogens is 2. The van der Waals surface area contributed by atoms with Gasteiger partial charge in [-0.15, -0.1) is 0 Å². The van der Waals surface area contributed by atoms with Crippen molar-refractivity contribution in [2.45, 2.75) is 12.6 Å². The number of aliphatic hydroxyl groups is 2. The highest BCUT2D eigenvalue weighted by atomic mass is 16.5. The van der Waals surface area contributed by atoms with Gasteiger partial charge in [-0.3, -0.25) is 0 Å². The molecule has 0 radical (unpaired) electrons. The van der Waals surface area contributed by atoms with Crippen molar-refractivity contribution in [1.29, 1.82) is 5.41 Å². The summed E-state index contributed by atoms with van der Waals surface area (Å²) in [5.41, 5.74) is 12.9. The second-order valence-corrected chi connectivity index (χ2v) is 4.67. The summed E-state index contributed by atoms with van der Waals surface area (Å²) >= 11 is 0. The maximum absolute atomic E-state index is 8.92. The Kier molecular flexibility index (Phi) is 5.02. The lowest BCUT2D eigenvalue weighted by molar-refractivity contribution is 0.148. The molecule has 8 N–H and O–H groups in total. The van der Waals surface area contributed by atoms with Crippen LogP contribution in [0.4, 0.5) is 11.5 Å². The molecule has 0 fully saturated rings. The highest BCUT2D eigenvalue weighted by Crippen LogP contribution is 2.22. The molecule has 1 aliphatic rings. The molecule has 120 valence electrons. The van der Waals surface area contributed by atoms with Crippen LogP contribution in [0, 0.1) is 5.41 Å². The number of aliphatic hydroxyl groups excluding tert-OH is 2. The first-order valence-electron chi connectivity index (χ1n) is 6.77. The fourth-order valence-electron chi connectivity index (χ4n) is 2.02. The van der Waals surface area contributed by atoms with E-state index in [2.05, 4.69) is 10.4 Å². The molecule has 0 saturated carbocycles. The average molecular weight is 308 g/mol. The summed E-state index contributed by atoms with van der Waals surface area (Å²) in [6.07, 6.45) is 4.66. The summed E-state index contributed by atoms with van der Waals surface area (Å²) in [7, 11) is 0. The minimum absolute atomic E-state index is 0.0666. The standard InChI is InChI=1S/C13H20N6O3/c14-8-5-9(15)12(22-4-3-21)6-10(8)18-11-7-17-19(1-2-20)13(11)16/h5-7,10,14,18,20-21H,1-4,15-16H2. The third-order valence-electron chi connectivity index (χ3n) is 3.10. The van der Waals surface area contributed by atoms with E-state index in [0.717, 1.165) is 0 Å². The molecule has 0 saturated heterocycles. The van der Waals surface area contributed by atoms with Gasteiger partial charge in [0, 0.05) is 0 Å². The molecule has 1 aliphatic carbocycles. The van der Waals surface area contributed by atoms with Crippen molar-refractivity contribution in [3.8, 4) is 0 Å². The topological polar surface area (TPSA) is 155 Å². The lowest BCUT2D eigenvalue weighted by Gasteiger charge is -2.22. The van der Waals surface area contributed by atoms with Gasteiger partial charge >= 0.3 is 0 Å². The Labute approximate surface area is 127 Å². The van der Waals surface area contributed by atoms with Gasteiger partial charge in [0.15, 0.2) is 0 Å². The van der Waals surface area contributed by atoms with Gasteiger partial charge in [-0.05, 0) is 12.2 Å². The summed E-state index contributed by atoms with van der Waals surface area (Å²) in [6, 6.07) is -0.477. The number of ether oxygens (including phenoxy) is 1. The van der Waals surface area contributed by atoms with Crippen molar-refractivity contribution in [2.75, 3.05) is 30.9 Å². The molecular formula is C13H20N6O3. The van der Waals surface area contributed by atoms with E-state index in [-0.39, 0.29) is 25.5 Å². The van der Waals surface area contributed by atoms with E-state index >= 15 is 0 Å². The molecule has 2 rings (SSSR count). The van der Waals surface area contributed by atoms with Gasteiger partial charge in [0.2, 0.25) is 0 Å². The average Bonchev–Trinajstić information content (AvgIpc) is 2.82. The van der Waals surface area contributed by atoms with Crippen LogP contribution in [-0.4, -0.2) is 51.6 Å². The number of nitrogens with one attached hydrogen (secondary N) is 2. The summed E-state index contributed by atoms with van der Waals surface area (Å²) in [6.45, 7) is 0.226. The lowest BCUT2D eigenvalue weighted by atomic mass is 10.0. The van der Waals surface area contributed by atoms with E-state index in [1.807, 2.05) is 0 Å². The molecular weight excluding hydrogens is 288 g/mol. The molecule has 1 aromatic heterocycles. The zero-order valence-electron chi connectivity index (χ0n) is 12.0. The molecule has 0 spiro atoms. The summed E-state index contributed by atoms with van der Waals surface area (Å²) < 4.78 is 6.79. The number of anilines is 2. The van der Waals surface area contributed by atoms with E-state index in [1.165, 1.54) is 17.0 Å². The van der Waals surface area contributed by atoms with Crippen molar-refractivity contribution in [3.63, 3.8) is 0 Å². The predicted molar refractivity (Wildman–Crippen MR) is 82.3 cm³/mol. The van der Waals surface area contributed by atoms with E-state index in [9.17, 15) is 0 Å². The van der Waals surface area contributed by atoms with Crippen molar-refractivity contribution in [2.24, 2.45) is 5.73 Å². The number of nitrogens with zero attached hydrogens (tertiary/aromatic N) is 2. The molecule has 0 amide bonds. The van der Waals surface area contributed by atoms with E-state index < -0.39 is 6.04 Å². The maximum Gasteiger partial charge on any atom is 0.145 e. The Morgan fingerprint density at radius 2 is 2.14 bits per heavy atom. The Bertz CT molecular complexity index is 607. The van der Waals surface area contributed by atoms with Crippen LogP contribution in [0.1, 0.15) is 0 Å². The first-order valence-corrected chi connectivity index (χ1v) is 6.77. The molecule has 0 aliphatic heterocycles. The highest BCUT2D eigenvalue weighted by Gasteiger charge is 2.21. The van der Waals surface area contributed by atoms with Gasteiger partial charge in [-0.1, -0.05) is 0 Å². The van der Waals surface area contributed by atoms with E-state index in [4.69, 9.17) is 31.8 Å². The lowest BCUT2D eigenvalue weighted by Crippen LogP contribution is -2.31. The number of hydrogen-bond acceptors (Lipinski definition) is 8. The third-order valence-corrected chi connectivity index (χ3v) is 3.10. The molecule has 1 atom stereocenters. The van der Waals surface area contributed by atoms with Crippen LogP contribution in [0.2, 0.25) is 0 Å². The van der Waals surface area contributed by atoms with E-state index in [1.54, 1.807) is 6.08 Å². The van der Waals surface area contributed by atoms with Gasteiger partial charge in [-0.25, -0.2) is 4.68 Å². The van der Waals surface area contributed by atoms with Gasteiger partial charge in [0.1, 0.15) is 18.2 Å². The van der Waals surface area contributed by atoms with Crippen LogP contribution in [0.15, 0.2) is 29.8 Å². The zero-order chi connectivity index (χ0) is 16.1. The number of nitrogen functional groups attached to an aromatic ring is 1. The maximum atomic E-state index is 8.92. The fourth-order valence-corrected chi connectivity index (χ4v) is 2.02. The summed E-state index contributed by atoms with van der Waals surface area (Å²) in [5.74, 6) is 0.777. The quantitative estimate of drug-likeness (QED) is 0.377. The predicted octanol–water partition coefficient (Wildman–Crippen LogP) is -0.993. The van der Waals surface area contributed by atoms with Crippen LogP contribution >= 0.6 is 0 Å². The molecule has 0 aromatic carbocycles. The van der Waals surface area contributed by atoms with Crippen molar-refractivity contribution >= 4 is 17.2 Å². The first kappa shape index (κ1) is 15.9. The van der Waals surface area contributed by atoms with E-state index in [0.29, 0.717) is 29.5 Å². The Hall–Kier alpha value is -2.52. The second-order valence-electron chi connectivity index (χ2n) is 4.67. The van der Waals surface area contributed by atoms with Crippen LogP contribution < -0.4 is 16.8 Å². The SMILES string of the molecule is N=C1C=C(N)C(OCCO)=CC1Nc1cnn(CCO)c1N. The molecule has 22 heavy (non-hydrogen) atoms. The Morgan fingerprint density at radius 3 is 2.82 bits per heavy atom. The Morgan fingerprint density at radius 1 is 1.36 bits per heavy atom. The molecule has 1 aromatic rings. The van der Waals surface area contributed by atoms with Gasteiger partial charge in [0.25, 0.3) is 0 Å². The second kappa shape index (κ2) is 6.96. The summed E-state index contributed by atoms with van der Waals surface area (Å²) in [5, 5.41) is 32.8. The van der Waals surface area contributed by atoms with Gasteiger partial charge in [-0.2, -0.15) is 5.10 Å². The van der Waals surface area contributed by atoms with Gasteiger partial charge < -0.3 is 37.1 Å². The van der Waals surface area contributed by atoms with Crippen LogP contribution in [0.3, 0.4) is 0 Å². The molecule has 1 unspecified atom stereocenters. The fraction of sp³-hybridized carbons (Fsp3) is 0.385. The van der Waals surface area contributed by atoms with Crippen molar-refractivity contribution < 1.29 is 14.9 Å². The number of rotatable bonds is 7. The molecule has 1 heterocycles. The van der Waals surface area contributed by atoms with Gasteiger partial charge in [0.05, 0.1) is 49.1 Å². The monoisotopic (exact) mass is 308 g/mol. The molecule has 0 bridgehead atoms. The smallest absolute Gasteiger partial charge is 0.145 e. The number of hydrogen-bond donors (Lipinski definition) is 6. The minimum Gasteiger partial charge on any atom is -0.489 e. The first-order chi connectivity index (χ1) is 10.6. The van der Waals surface area contributed by atoms with Crippen molar-refractivity contribution in [1.82, 2.24) is 9.78 Å².